The van der Waals surface area contributed by atoms with E-state index in [0.717, 1.165) is 5.56 Å². The maximum absolute atomic E-state index is 12.6. The molecule has 0 aromatic heterocycles. The molecule has 2 nitrogen and oxygen atoms in total. The van der Waals surface area contributed by atoms with E-state index in [1.165, 1.54) is 19.2 Å². The van der Waals surface area contributed by atoms with E-state index in [0.29, 0.717) is 11.4 Å². The molecule has 0 fully saturated rings. The SMILES string of the molecule is COC(=O)CCc1ccc(F)cc1Cl. The zero-order valence-electron chi connectivity index (χ0n) is 7.72. The highest BCUT2D eigenvalue weighted by molar-refractivity contribution is 6.31. The molecule has 0 heterocycles. The molecule has 1 rings (SSSR count). The van der Waals surface area contributed by atoms with Gasteiger partial charge in [-0.25, -0.2) is 4.39 Å². The smallest absolute Gasteiger partial charge is 0.305 e. The summed E-state index contributed by atoms with van der Waals surface area (Å²) in [5.41, 5.74) is 0.749. The van der Waals surface area contributed by atoms with E-state index in [1.807, 2.05) is 0 Å². The van der Waals surface area contributed by atoms with Gasteiger partial charge in [0.1, 0.15) is 5.82 Å². The van der Waals surface area contributed by atoms with Crippen molar-refractivity contribution in [2.75, 3.05) is 7.11 Å². The third kappa shape index (κ3) is 3.00. The maximum Gasteiger partial charge on any atom is 0.305 e. The monoisotopic (exact) mass is 216 g/mol. The van der Waals surface area contributed by atoms with Gasteiger partial charge >= 0.3 is 5.97 Å². The van der Waals surface area contributed by atoms with Crippen molar-refractivity contribution >= 4 is 17.6 Å². The summed E-state index contributed by atoms with van der Waals surface area (Å²) < 4.78 is 17.1. The molecular weight excluding hydrogens is 207 g/mol. The lowest BCUT2D eigenvalue weighted by Crippen LogP contribution is -2.02. The van der Waals surface area contributed by atoms with Gasteiger partial charge in [-0.15, -0.1) is 0 Å². The molecule has 0 unspecified atom stereocenters. The standard InChI is InChI=1S/C10H10ClFO2/c1-14-10(13)5-3-7-2-4-8(12)6-9(7)11/h2,4,6H,3,5H2,1H3. The highest BCUT2D eigenvalue weighted by Gasteiger charge is 2.05. The minimum Gasteiger partial charge on any atom is -0.469 e. The van der Waals surface area contributed by atoms with Crippen LogP contribution in [0.25, 0.3) is 0 Å². The van der Waals surface area contributed by atoms with Crippen molar-refractivity contribution in [3.8, 4) is 0 Å². The number of ether oxygens (including phenoxy) is 1. The average molecular weight is 217 g/mol. The largest absolute Gasteiger partial charge is 0.469 e. The van der Waals surface area contributed by atoms with Crippen molar-refractivity contribution in [1.29, 1.82) is 0 Å². The van der Waals surface area contributed by atoms with E-state index in [-0.39, 0.29) is 18.2 Å². The van der Waals surface area contributed by atoms with Crippen LogP contribution in [-0.4, -0.2) is 13.1 Å². The molecule has 0 bridgehead atoms. The number of aryl methyl sites for hydroxylation is 1. The minimum atomic E-state index is -0.378. The van der Waals surface area contributed by atoms with E-state index in [2.05, 4.69) is 4.74 Å². The van der Waals surface area contributed by atoms with Gasteiger partial charge in [-0.2, -0.15) is 0 Å². The van der Waals surface area contributed by atoms with Crippen LogP contribution in [0.1, 0.15) is 12.0 Å². The van der Waals surface area contributed by atoms with Crippen molar-refractivity contribution in [1.82, 2.24) is 0 Å². The minimum absolute atomic E-state index is 0.252. The first-order chi connectivity index (χ1) is 6.63. The van der Waals surface area contributed by atoms with Crippen LogP contribution in [0.2, 0.25) is 5.02 Å². The Morgan fingerprint density at radius 3 is 2.86 bits per heavy atom. The fourth-order valence-electron chi connectivity index (χ4n) is 1.06. The van der Waals surface area contributed by atoms with Crippen LogP contribution in [0.4, 0.5) is 4.39 Å². The molecule has 0 saturated carbocycles. The summed E-state index contributed by atoms with van der Waals surface area (Å²) in [5, 5.41) is 0.342. The number of carbonyl (C=O) groups excluding carboxylic acids is 1. The van der Waals surface area contributed by atoms with Crippen LogP contribution in [0, 0.1) is 5.82 Å². The highest BCUT2D eigenvalue weighted by Crippen LogP contribution is 2.18. The Labute approximate surface area is 86.6 Å². The molecule has 0 spiro atoms. The lowest BCUT2D eigenvalue weighted by Gasteiger charge is -2.02. The number of hydrogen-bond acceptors (Lipinski definition) is 2. The van der Waals surface area contributed by atoms with Gasteiger partial charge in [0.25, 0.3) is 0 Å². The number of methoxy groups -OCH3 is 1. The second kappa shape index (κ2) is 4.96. The van der Waals surface area contributed by atoms with Crippen LogP contribution in [0.5, 0.6) is 0 Å². The van der Waals surface area contributed by atoms with E-state index < -0.39 is 0 Å². The molecule has 0 aliphatic rings. The molecule has 1 aromatic carbocycles. The molecule has 14 heavy (non-hydrogen) atoms. The first-order valence-corrected chi connectivity index (χ1v) is 4.52. The van der Waals surface area contributed by atoms with Gasteiger partial charge in [-0.3, -0.25) is 4.79 Å². The van der Waals surface area contributed by atoms with Gasteiger partial charge in [0.2, 0.25) is 0 Å². The number of rotatable bonds is 3. The lowest BCUT2D eigenvalue weighted by molar-refractivity contribution is -0.140. The highest BCUT2D eigenvalue weighted by atomic mass is 35.5. The average Bonchev–Trinajstić information content (AvgIpc) is 2.16. The molecule has 0 saturated heterocycles. The van der Waals surface area contributed by atoms with Crippen molar-refractivity contribution in [3.05, 3.63) is 34.6 Å². The fourth-order valence-corrected chi connectivity index (χ4v) is 1.32. The zero-order chi connectivity index (χ0) is 10.6. The summed E-state index contributed by atoms with van der Waals surface area (Å²) in [6, 6.07) is 4.12. The van der Waals surface area contributed by atoms with E-state index >= 15 is 0 Å². The molecule has 4 heteroatoms. The third-order valence-corrected chi connectivity index (χ3v) is 2.19. The topological polar surface area (TPSA) is 26.3 Å². The molecule has 0 aliphatic carbocycles. The van der Waals surface area contributed by atoms with Gasteiger partial charge in [0, 0.05) is 11.4 Å². The second-order valence-corrected chi connectivity index (χ2v) is 3.22. The molecule has 0 atom stereocenters. The normalized spacial score (nSPS) is 9.93. The van der Waals surface area contributed by atoms with Crippen LogP contribution in [-0.2, 0) is 16.0 Å². The van der Waals surface area contributed by atoms with Gasteiger partial charge < -0.3 is 4.74 Å². The Balaban J connectivity index is 2.63. The predicted molar refractivity (Wildman–Crippen MR) is 51.7 cm³/mol. The summed E-state index contributed by atoms with van der Waals surface area (Å²) in [7, 11) is 1.33. The van der Waals surface area contributed by atoms with E-state index in [1.54, 1.807) is 6.07 Å². The maximum atomic E-state index is 12.6. The molecule has 0 N–H and O–H groups in total. The van der Waals surface area contributed by atoms with Crippen molar-refractivity contribution in [2.24, 2.45) is 0 Å². The summed E-state index contributed by atoms with van der Waals surface area (Å²) in [6.45, 7) is 0. The molecule has 76 valence electrons. The molecular formula is C10H10ClFO2. The van der Waals surface area contributed by atoms with Crippen LogP contribution in [0.3, 0.4) is 0 Å². The molecule has 0 amide bonds. The summed E-state index contributed by atoms with van der Waals surface area (Å²) >= 11 is 5.76. The van der Waals surface area contributed by atoms with Gasteiger partial charge in [0.05, 0.1) is 7.11 Å². The number of halogens is 2. The molecule has 0 radical (unpaired) electrons. The third-order valence-electron chi connectivity index (χ3n) is 1.84. The van der Waals surface area contributed by atoms with E-state index in [9.17, 15) is 9.18 Å². The fraction of sp³-hybridized carbons (Fsp3) is 0.300. The van der Waals surface area contributed by atoms with Crippen LogP contribution < -0.4 is 0 Å². The van der Waals surface area contributed by atoms with Crippen molar-refractivity contribution in [3.63, 3.8) is 0 Å². The molecule has 0 aliphatic heterocycles. The van der Waals surface area contributed by atoms with Crippen LogP contribution >= 0.6 is 11.6 Å². The Morgan fingerprint density at radius 2 is 2.29 bits per heavy atom. The second-order valence-electron chi connectivity index (χ2n) is 2.81. The van der Waals surface area contributed by atoms with Gasteiger partial charge in [-0.1, -0.05) is 17.7 Å². The van der Waals surface area contributed by atoms with Crippen molar-refractivity contribution in [2.45, 2.75) is 12.8 Å². The summed E-state index contributed by atoms with van der Waals surface area (Å²) in [5.74, 6) is -0.679. The van der Waals surface area contributed by atoms with Gasteiger partial charge in [-0.05, 0) is 24.1 Å². The Morgan fingerprint density at radius 1 is 1.57 bits per heavy atom. The zero-order valence-corrected chi connectivity index (χ0v) is 8.47. The number of hydrogen-bond donors (Lipinski definition) is 0. The van der Waals surface area contributed by atoms with Gasteiger partial charge in [0.15, 0.2) is 0 Å². The first-order valence-electron chi connectivity index (χ1n) is 4.14. The van der Waals surface area contributed by atoms with Crippen molar-refractivity contribution < 1.29 is 13.9 Å². The number of carbonyl (C=O) groups is 1. The Kier molecular flexibility index (Phi) is 3.89. The van der Waals surface area contributed by atoms with Crippen LogP contribution in [0.15, 0.2) is 18.2 Å². The lowest BCUT2D eigenvalue weighted by atomic mass is 10.1. The molecule has 1 aromatic rings. The first kappa shape index (κ1) is 11.0. The Bertz CT molecular complexity index is 339. The predicted octanol–water partition coefficient (Wildman–Crippen LogP) is 2.58. The summed E-state index contributed by atoms with van der Waals surface area (Å²) in [4.78, 5) is 10.8. The number of esters is 1. The number of benzene rings is 1. The van der Waals surface area contributed by atoms with E-state index in [4.69, 9.17) is 11.6 Å². The Hall–Kier alpha value is -1.09. The quantitative estimate of drug-likeness (QED) is 0.726. The summed E-state index contributed by atoms with van der Waals surface area (Å²) in [6.07, 6.45) is 0.716.